The lowest BCUT2D eigenvalue weighted by molar-refractivity contribution is 0.0783. The van der Waals surface area contributed by atoms with Gasteiger partial charge in [-0.2, -0.15) is 0 Å². The summed E-state index contributed by atoms with van der Waals surface area (Å²) in [7, 11) is 0. The Hall–Kier alpha value is -3.48. The molecule has 0 saturated carbocycles. The van der Waals surface area contributed by atoms with E-state index >= 15 is 0 Å². The Kier molecular flexibility index (Phi) is 5.35. The quantitative estimate of drug-likeness (QED) is 0.633. The Morgan fingerprint density at radius 1 is 1.20 bits per heavy atom. The number of benzene rings is 2. The minimum absolute atomic E-state index is 0.0887. The van der Waals surface area contributed by atoms with Gasteiger partial charge >= 0.3 is 0 Å². The number of ether oxygens (including phenoxy) is 1. The van der Waals surface area contributed by atoms with E-state index in [0.29, 0.717) is 30.4 Å². The van der Waals surface area contributed by atoms with E-state index in [9.17, 15) is 9.18 Å². The molecule has 30 heavy (non-hydrogen) atoms. The van der Waals surface area contributed by atoms with Gasteiger partial charge in [0.15, 0.2) is 11.6 Å². The maximum absolute atomic E-state index is 14.7. The summed E-state index contributed by atoms with van der Waals surface area (Å²) in [5.41, 5.74) is 3.05. The number of anilines is 1. The molecule has 0 radical (unpaired) electrons. The lowest BCUT2D eigenvalue weighted by Gasteiger charge is -2.18. The number of carbonyl (C=O) groups excluding carboxylic acids is 1. The molecule has 0 fully saturated rings. The van der Waals surface area contributed by atoms with Crippen LogP contribution in [-0.4, -0.2) is 27.3 Å². The van der Waals surface area contributed by atoms with Crippen LogP contribution in [0.2, 0.25) is 0 Å². The van der Waals surface area contributed by atoms with Gasteiger partial charge in [0.25, 0.3) is 5.91 Å². The summed E-state index contributed by atoms with van der Waals surface area (Å²) < 4.78 is 20.3. The first-order valence-electron chi connectivity index (χ1n) is 9.90. The molecule has 6 nitrogen and oxygen atoms in total. The summed E-state index contributed by atoms with van der Waals surface area (Å²) in [4.78, 5) is 22.5. The van der Waals surface area contributed by atoms with Crippen LogP contribution in [0.25, 0.3) is 0 Å². The Bertz CT molecular complexity index is 1090. The number of carbonyl (C=O) groups is 1. The van der Waals surface area contributed by atoms with E-state index < -0.39 is 5.82 Å². The van der Waals surface area contributed by atoms with Gasteiger partial charge in [0.2, 0.25) is 0 Å². The fourth-order valence-electron chi connectivity index (χ4n) is 3.43. The van der Waals surface area contributed by atoms with Gasteiger partial charge in [-0.15, -0.1) is 0 Å². The highest BCUT2D eigenvalue weighted by molar-refractivity contribution is 5.97. The van der Waals surface area contributed by atoms with Crippen molar-refractivity contribution in [3.63, 3.8) is 0 Å². The second-order valence-corrected chi connectivity index (χ2v) is 7.34. The highest BCUT2D eigenvalue weighted by atomic mass is 19.1. The second-order valence-electron chi connectivity index (χ2n) is 7.34. The molecule has 2 heterocycles. The number of amides is 1. The maximum atomic E-state index is 14.7. The zero-order chi connectivity index (χ0) is 21.3. The van der Waals surface area contributed by atoms with E-state index in [-0.39, 0.29) is 17.7 Å². The highest BCUT2D eigenvalue weighted by Gasteiger charge is 2.30. The normalized spacial score (nSPS) is 13.9. The average Bonchev–Trinajstić information content (AvgIpc) is 3.08. The van der Waals surface area contributed by atoms with Crippen LogP contribution < -0.4 is 10.1 Å². The SMILES string of the molecule is CCN1Cc2c(NC(C)c3ccc(Oc4ccc(C)cc4)c(F)c3)ncnc2C1=O. The van der Waals surface area contributed by atoms with E-state index in [2.05, 4.69) is 15.3 Å². The number of fused-ring (bicyclic) bond motifs is 1. The number of nitrogens with one attached hydrogen (secondary N) is 1. The molecule has 154 valence electrons. The van der Waals surface area contributed by atoms with Gasteiger partial charge in [-0.1, -0.05) is 23.8 Å². The third kappa shape index (κ3) is 3.83. The summed E-state index contributed by atoms with van der Waals surface area (Å²) in [6, 6.07) is 12.1. The van der Waals surface area contributed by atoms with Crippen LogP contribution in [-0.2, 0) is 6.54 Å². The summed E-state index contributed by atoms with van der Waals surface area (Å²) in [6.07, 6.45) is 1.38. The molecule has 1 aliphatic heterocycles. The number of aryl methyl sites for hydroxylation is 1. The number of hydrogen-bond donors (Lipinski definition) is 1. The van der Waals surface area contributed by atoms with Crippen LogP contribution in [0.1, 0.15) is 47.1 Å². The molecule has 0 bridgehead atoms. The zero-order valence-corrected chi connectivity index (χ0v) is 17.1. The van der Waals surface area contributed by atoms with Crippen molar-refractivity contribution in [2.75, 3.05) is 11.9 Å². The predicted octanol–water partition coefficient (Wildman–Crippen LogP) is 4.87. The molecule has 4 rings (SSSR count). The van der Waals surface area contributed by atoms with Gasteiger partial charge in [-0.25, -0.2) is 14.4 Å². The van der Waals surface area contributed by atoms with Crippen molar-refractivity contribution < 1.29 is 13.9 Å². The number of hydrogen-bond acceptors (Lipinski definition) is 5. The van der Waals surface area contributed by atoms with E-state index in [1.807, 2.05) is 51.1 Å². The topological polar surface area (TPSA) is 67.3 Å². The van der Waals surface area contributed by atoms with Crippen molar-refractivity contribution in [2.45, 2.75) is 33.4 Å². The van der Waals surface area contributed by atoms with E-state index in [1.54, 1.807) is 11.0 Å². The summed E-state index contributed by atoms with van der Waals surface area (Å²) >= 11 is 0. The molecular weight excluding hydrogens is 383 g/mol. The molecule has 7 heteroatoms. The smallest absolute Gasteiger partial charge is 0.273 e. The lowest BCUT2D eigenvalue weighted by atomic mass is 10.1. The first kappa shape index (κ1) is 19.8. The Morgan fingerprint density at radius 3 is 2.67 bits per heavy atom. The van der Waals surface area contributed by atoms with Crippen molar-refractivity contribution in [1.29, 1.82) is 0 Å². The summed E-state index contributed by atoms with van der Waals surface area (Å²) in [6.45, 7) is 6.90. The van der Waals surface area contributed by atoms with Crippen molar-refractivity contribution >= 4 is 11.7 Å². The Labute approximate surface area is 174 Å². The molecule has 1 N–H and O–H groups in total. The molecule has 1 atom stereocenters. The standard InChI is InChI=1S/C23H23FN4O2/c1-4-28-12-18-21(23(28)29)25-13-26-22(18)27-15(3)16-7-10-20(19(24)11-16)30-17-8-5-14(2)6-9-17/h5-11,13,15H,4,12H2,1-3H3,(H,25,26,27). The first-order chi connectivity index (χ1) is 14.5. The van der Waals surface area contributed by atoms with Crippen LogP contribution in [0.5, 0.6) is 11.5 Å². The van der Waals surface area contributed by atoms with Crippen molar-refractivity contribution in [1.82, 2.24) is 14.9 Å². The summed E-state index contributed by atoms with van der Waals surface area (Å²) in [5, 5.41) is 3.29. The molecule has 1 aliphatic rings. The summed E-state index contributed by atoms with van der Waals surface area (Å²) in [5.74, 6) is 0.815. The van der Waals surface area contributed by atoms with Gasteiger partial charge in [0.1, 0.15) is 23.6 Å². The number of aromatic nitrogens is 2. The van der Waals surface area contributed by atoms with Crippen LogP contribution in [0, 0.1) is 12.7 Å². The maximum Gasteiger partial charge on any atom is 0.273 e. The van der Waals surface area contributed by atoms with Crippen molar-refractivity contribution in [3.05, 3.63) is 77.0 Å². The van der Waals surface area contributed by atoms with E-state index in [4.69, 9.17) is 4.74 Å². The Balaban J connectivity index is 1.51. The monoisotopic (exact) mass is 406 g/mol. The Morgan fingerprint density at radius 2 is 1.97 bits per heavy atom. The van der Waals surface area contributed by atoms with Gasteiger partial charge in [0.05, 0.1) is 12.6 Å². The van der Waals surface area contributed by atoms with Crippen LogP contribution >= 0.6 is 0 Å². The van der Waals surface area contributed by atoms with E-state index in [0.717, 1.165) is 16.7 Å². The number of halogens is 1. The molecule has 0 saturated heterocycles. The van der Waals surface area contributed by atoms with Gasteiger partial charge < -0.3 is 15.0 Å². The fourth-order valence-corrected chi connectivity index (χ4v) is 3.43. The molecule has 1 unspecified atom stereocenters. The lowest BCUT2D eigenvalue weighted by Crippen LogP contribution is -2.23. The van der Waals surface area contributed by atoms with Crippen LogP contribution in [0.4, 0.5) is 10.2 Å². The minimum Gasteiger partial charge on any atom is -0.454 e. The first-order valence-corrected chi connectivity index (χ1v) is 9.90. The molecule has 3 aromatic rings. The predicted molar refractivity (Wildman–Crippen MR) is 112 cm³/mol. The zero-order valence-electron chi connectivity index (χ0n) is 17.1. The molecular formula is C23H23FN4O2. The second kappa shape index (κ2) is 8.10. The fraction of sp³-hybridized carbons (Fsp3) is 0.261. The largest absolute Gasteiger partial charge is 0.454 e. The molecule has 1 aromatic heterocycles. The number of nitrogens with zero attached hydrogens (tertiary/aromatic N) is 3. The minimum atomic E-state index is -0.443. The van der Waals surface area contributed by atoms with Gasteiger partial charge in [-0.3, -0.25) is 4.79 Å². The van der Waals surface area contributed by atoms with Gasteiger partial charge in [0, 0.05) is 12.1 Å². The molecule has 2 aromatic carbocycles. The molecule has 0 spiro atoms. The van der Waals surface area contributed by atoms with E-state index in [1.165, 1.54) is 12.4 Å². The number of rotatable bonds is 6. The van der Waals surface area contributed by atoms with Gasteiger partial charge in [-0.05, 0) is 50.6 Å². The van der Waals surface area contributed by atoms with Crippen molar-refractivity contribution in [2.24, 2.45) is 0 Å². The molecule has 1 amide bonds. The molecule has 0 aliphatic carbocycles. The third-order valence-corrected chi connectivity index (χ3v) is 5.22. The van der Waals surface area contributed by atoms with Crippen LogP contribution in [0.15, 0.2) is 48.8 Å². The van der Waals surface area contributed by atoms with Crippen molar-refractivity contribution in [3.8, 4) is 11.5 Å². The third-order valence-electron chi connectivity index (χ3n) is 5.22. The highest BCUT2D eigenvalue weighted by Crippen LogP contribution is 2.31. The average molecular weight is 406 g/mol. The van der Waals surface area contributed by atoms with Crippen LogP contribution in [0.3, 0.4) is 0 Å².